The Bertz CT molecular complexity index is 517. The first-order valence-corrected chi connectivity index (χ1v) is 9.07. The van der Waals surface area contributed by atoms with Crippen LogP contribution in [-0.2, 0) is 23.2 Å². The van der Waals surface area contributed by atoms with Gasteiger partial charge in [-0.05, 0) is 0 Å². The van der Waals surface area contributed by atoms with Gasteiger partial charge in [-0.1, -0.05) is 0 Å². The normalized spacial score (nSPS) is 30.3. The summed E-state index contributed by atoms with van der Waals surface area (Å²) in [4.78, 5) is 4.86. The van der Waals surface area contributed by atoms with Gasteiger partial charge in [0, 0.05) is 0 Å². The van der Waals surface area contributed by atoms with Gasteiger partial charge in [0.25, 0.3) is 0 Å². The molecule has 1 nitrogen and oxygen atoms in total. The van der Waals surface area contributed by atoms with Gasteiger partial charge in [0.05, 0.1) is 0 Å². The van der Waals surface area contributed by atoms with E-state index in [-0.39, 0.29) is 8.66 Å². The third kappa shape index (κ3) is 2.18. The summed E-state index contributed by atoms with van der Waals surface area (Å²) in [6.45, 7) is 16.1. The predicted molar refractivity (Wildman–Crippen MR) is 75.5 cm³/mol. The Hall–Kier alpha value is -0.227. The third-order valence-corrected chi connectivity index (χ3v) is 9.50. The molecule has 1 unspecified atom stereocenters. The third-order valence-electron chi connectivity index (χ3n) is 4.50. The Morgan fingerprint density at radius 2 is 1.61 bits per heavy atom. The van der Waals surface area contributed by atoms with Gasteiger partial charge in [0.15, 0.2) is 0 Å². The first-order chi connectivity index (χ1) is 8.17. The van der Waals surface area contributed by atoms with Gasteiger partial charge in [0.1, 0.15) is 0 Å². The molecule has 2 aliphatic rings. The topological polar surface area (TPSA) is 12.4 Å². The van der Waals surface area contributed by atoms with E-state index in [0.717, 1.165) is 0 Å². The fourth-order valence-corrected chi connectivity index (χ4v) is 7.27. The quantitative estimate of drug-likeness (QED) is 0.712. The summed E-state index contributed by atoms with van der Waals surface area (Å²) >= 11 is -0.741. The molecule has 0 amide bonds. The molecular formula is C16H23NZr. The van der Waals surface area contributed by atoms with Gasteiger partial charge in [-0.25, -0.2) is 0 Å². The van der Waals surface area contributed by atoms with Crippen molar-refractivity contribution in [3.63, 3.8) is 0 Å². The Balaban J connectivity index is 2.35. The number of aliphatic imine (C=N–C) groups is 1. The summed E-state index contributed by atoms with van der Waals surface area (Å²) in [5.41, 5.74) is 6.08. The van der Waals surface area contributed by atoms with Crippen LogP contribution in [0.25, 0.3) is 0 Å². The molecular weight excluding hydrogens is 297 g/mol. The summed E-state index contributed by atoms with van der Waals surface area (Å²) in [6.07, 6.45) is 4.51. The van der Waals surface area contributed by atoms with Crippen LogP contribution < -0.4 is 0 Å². The maximum atomic E-state index is 4.86. The molecule has 0 aromatic heterocycles. The van der Waals surface area contributed by atoms with E-state index in [1.807, 2.05) is 0 Å². The van der Waals surface area contributed by atoms with Crippen LogP contribution in [0.2, 0.25) is 0 Å². The van der Waals surface area contributed by atoms with Crippen LogP contribution in [0.5, 0.6) is 0 Å². The van der Waals surface area contributed by atoms with E-state index in [1.165, 1.54) is 11.3 Å². The molecule has 2 heteroatoms. The molecule has 96 valence electrons. The molecule has 1 aliphatic carbocycles. The minimum absolute atomic E-state index is 0.131. The fraction of sp³-hybridized carbons (Fsp3) is 0.562. The van der Waals surface area contributed by atoms with Gasteiger partial charge in [0.2, 0.25) is 0 Å². The van der Waals surface area contributed by atoms with Crippen molar-refractivity contribution in [1.82, 2.24) is 0 Å². The Morgan fingerprint density at radius 1 is 1.00 bits per heavy atom. The predicted octanol–water partition coefficient (Wildman–Crippen LogP) is 4.47. The average molecular weight is 321 g/mol. The fourth-order valence-electron chi connectivity index (χ4n) is 2.89. The van der Waals surface area contributed by atoms with E-state index in [4.69, 9.17) is 4.99 Å². The molecule has 0 spiro atoms. The number of allylic oxidation sites excluding steroid dienone is 5. The zero-order valence-electron chi connectivity index (χ0n) is 12.6. The van der Waals surface area contributed by atoms with E-state index in [0.29, 0.717) is 0 Å². The summed E-state index contributed by atoms with van der Waals surface area (Å²) in [7, 11) is 0. The van der Waals surface area contributed by atoms with Crippen molar-refractivity contribution >= 4 is 5.71 Å². The van der Waals surface area contributed by atoms with Crippen molar-refractivity contribution in [3.8, 4) is 0 Å². The SMILES string of the molecule is CC1=N[C](C)([Zr][C]2=C(C)C(C)=C(C)C2(C)C)C=C1. The second-order valence-electron chi connectivity index (χ2n) is 6.23. The van der Waals surface area contributed by atoms with Gasteiger partial charge in [-0.15, -0.1) is 0 Å². The van der Waals surface area contributed by atoms with Crippen LogP contribution in [0.3, 0.4) is 0 Å². The average Bonchev–Trinajstić information content (AvgIpc) is 2.68. The molecule has 0 aromatic rings. The van der Waals surface area contributed by atoms with E-state index in [2.05, 4.69) is 60.6 Å². The summed E-state index contributed by atoms with van der Waals surface area (Å²) in [5.74, 6) is 0. The van der Waals surface area contributed by atoms with Crippen molar-refractivity contribution in [2.75, 3.05) is 0 Å². The monoisotopic (exact) mass is 319 g/mol. The minimum atomic E-state index is -0.741. The van der Waals surface area contributed by atoms with Crippen LogP contribution in [0.15, 0.2) is 37.1 Å². The molecule has 1 heterocycles. The summed E-state index contributed by atoms with van der Waals surface area (Å²) < 4.78 is 1.86. The summed E-state index contributed by atoms with van der Waals surface area (Å²) in [5, 5.41) is 0. The van der Waals surface area contributed by atoms with Gasteiger partial charge in [-0.2, -0.15) is 0 Å². The molecule has 0 bridgehead atoms. The van der Waals surface area contributed by atoms with Crippen LogP contribution in [-0.4, -0.2) is 8.96 Å². The summed E-state index contributed by atoms with van der Waals surface area (Å²) in [6, 6.07) is 0. The first-order valence-electron chi connectivity index (χ1n) is 6.61. The van der Waals surface area contributed by atoms with Crippen molar-refractivity contribution in [3.05, 3.63) is 32.2 Å². The molecule has 0 aromatic carbocycles. The number of rotatable bonds is 2. The molecule has 1 aliphatic heterocycles. The Labute approximate surface area is 123 Å². The van der Waals surface area contributed by atoms with Gasteiger partial charge < -0.3 is 0 Å². The van der Waals surface area contributed by atoms with Crippen LogP contribution in [0, 0.1) is 5.41 Å². The molecule has 0 fully saturated rings. The Morgan fingerprint density at radius 3 is 2.00 bits per heavy atom. The van der Waals surface area contributed by atoms with E-state index < -0.39 is 23.2 Å². The molecule has 18 heavy (non-hydrogen) atoms. The van der Waals surface area contributed by atoms with Crippen molar-refractivity contribution in [2.24, 2.45) is 10.4 Å². The molecule has 0 N–H and O–H groups in total. The van der Waals surface area contributed by atoms with E-state index >= 15 is 0 Å². The molecule has 0 saturated heterocycles. The zero-order chi connectivity index (χ0) is 13.7. The number of hydrogen-bond donors (Lipinski definition) is 0. The number of hydrogen-bond acceptors (Lipinski definition) is 1. The van der Waals surface area contributed by atoms with Gasteiger partial charge in [-0.3, -0.25) is 0 Å². The van der Waals surface area contributed by atoms with Gasteiger partial charge >= 0.3 is 123 Å². The molecule has 0 radical (unpaired) electrons. The van der Waals surface area contributed by atoms with Crippen LogP contribution in [0.4, 0.5) is 0 Å². The second kappa shape index (κ2) is 4.41. The van der Waals surface area contributed by atoms with E-state index in [1.54, 1.807) is 14.4 Å². The first kappa shape index (κ1) is 14.2. The number of nitrogens with zero attached hydrogens (tertiary/aromatic N) is 1. The standard InChI is InChI=1S/C10H15.C6H8N.Zr/c1-7-6-10(4,5)9(3)8(7)2;1-5-3-4-6(2)7-5;/h1-5H3;3-4H,1-2H3;. The molecule has 1 atom stereocenters. The van der Waals surface area contributed by atoms with Crippen molar-refractivity contribution in [1.29, 1.82) is 0 Å². The molecule has 2 rings (SSSR count). The van der Waals surface area contributed by atoms with Crippen LogP contribution in [0.1, 0.15) is 48.5 Å². The van der Waals surface area contributed by atoms with Crippen molar-refractivity contribution < 1.29 is 23.2 Å². The van der Waals surface area contributed by atoms with E-state index in [9.17, 15) is 0 Å². The second-order valence-corrected chi connectivity index (χ2v) is 10.6. The Kier molecular flexibility index (Phi) is 3.47. The zero-order valence-corrected chi connectivity index (χ0v) is 15.1. The molecule has 0 saturated carbocycles. The maximum absolute atomic E-state index is 4.86. The van der Waals surface area contributed by atoms with Crippen LogP contribution >= 0.6 is 0 Å². The van der Waals surface area contributed by atoms with Crippen molar-refractivity contribution in [2.45, 2.75) is 51.7 Å².